The maximum Gasteiger partial charge on any atom is 0.256 e. The van der Waals surface area contributed by atoms with Crippen molar-refractivity contribution in [1.82, 2.24) is 4.57 Å². The van der Waals surface area contributed by atoms with Crippen LogP contribution in [0.1, 0.15) is 49.4 Å². The molecule has 0 unspecified atom stereocenters. The van der Waals surface area contributed by atoms with E-state index in [1.165, 1.54) is 24.1 Å². The van der Waals surface area contributed by atoms with Gasteiger partial charge >= 0.3 is 0 Å². The molecule has 0 aromatic carbocycles. The number of fused-ring (bicyclic) bond motifs is 1. The van der Waals surface area contributed by atoms with Crippen LogP contribution in [0.25, 0.3) is 0 Å². The molecule has 17 heavy (non-hydrogen) atoms. The molecular formula is C14H21NO2. The Kier molecular flexibility index (Phi) is 4.00. The number of aryl methyl sites for hydroxylation is 1. The molecule has 3 nitrogen and oxygen atoms in total. The van der Waals surface area contributed by atoms with Crippen molar-refractivity contribution in [2.75, 3.05) is 0 Å². The van der Waals surface area contributed by atoms with Gasteiger partial charge in [-0.15, -0.1) is 0 Å². The molecule has 3 heteroatoms. The van der Waals surface area contributed by atoms with Gasteiger partial charge in [0.05, 0.1) is 6.61 Å². The maximum atomic E-state index is 12.2. The molecule has 2 rings (SSSR count). The van der Waals surface area contributed by atoms with Crippen molar-refractivity contribution in [1.29, 1.82) is 0 Å². The summed E-state index contributed by atoms with van der Waals surface area (Å²) in [6.07, 6.45) is 6.56. The van der Waals surface area contributed by atoms with Crippen LogP contribution in [-0.2, 0) is 26.0 Å². The second-order valence-corrected chi connectivity index (χ2v) is 4.82. The summed E-state index contributed by atoms with van der Waals surface area (Å²) in [6.45, 7) is 2.79. The Bertz CT molecular complexity index is 448. The number of aliphatic hydroxyl groups is 1. The first-order valence-electron chi connectivity index (χ1n) is 6.63. The lowest BCUT2D eigenvalue weighted by molar-refractivity contribution is 0.278. The van der Waals surface area contributed by atoms with Crippen molar-refractivity contribution in [3.8, 4) is 0 Å². The van der Waals surface area contributed by atoms with Gasteiger partial charge in [0.1, 0.15) is 0 Å². The van der Waals surface area contributed by atoms with Crippen molar-refractivity contribution in [2.45, 2.75) is 58.6 Å². The molecule has 0 saturated heterocycles. The SMILES string of the molecule is CCCCn1c2c(cc(CO)c1=O)CCCC2. The molecular weight excluding hydrogens is 214 g/mol. The van der Waals surface area contributed by atoms with Crippen LogP contribution in [-0.4, -0.2) is 9.67 Å². The molecule has 0 bridgehead atoms. The van der Waals surface area contributed by atoms with E-state index in [9.17, 15) is 9.90 Å². The number of rotatable bonds is 4. The van der Waals surface area contributed by atoms with Crippen LogP contribution >= 0.6 is 0 Å². The Balaban J connectivity index is 2.48. The minimum atomic E-state index is -0.141. The van der Waals surface area contributed by atoms with Gasteiger partial charge in [0.15, 0.2) is 0 Å². The van der Waals surface area contributed by atoms with Gasteiger partial charge in [0.25, 0.3) is 5.56 Å². The third-order valence-corrected chi connectivity index (χ3v) is 3.58. The summed E-state index contributed by atoms with van der Waals surface area (Å²) in [6, 6.07) is 1.92. The lowest BCUT2D eigenvalue weighted by Gasteiger charge is -2.22. The Morgan fingerprint density at radius 1 is 1.35 bits per heavy atom. The second-order valence-electron chi connectivity index (χ2n) is 4.82. The van der Waals surface area contributed by atoms with Crippen LogP contribution in [0.3, 0.4) is 0 Å². The fourth-order valence-electron chi connectivity index (χ4n) is 2.61. The van der Waals surface area contributed by atoms with Gasteiger partial charge in [0.2, 0.25) is 0 Å². The molecule has 0 saturated carbocycles. The number of nitrogens with zero attached hydrogens (tertiary/aromatic N) is 1. The van der Waals surface area contributed by atoms with E-state index >= 15 is 0 Å². The van der Waals surface area contributed by atoms with Crippen molar-refractivity contribution >= 4 is 0 Å². The van der Waals surface area contributed by atoms with Gasteiger partial charge in [-0.25, -0.2) is 0 Å². The zero-order chi connectivity index (χ0) is 12.3. The lowest BCUT2D eigenvalue weighted by atomic mass is 9.94. The third-order valence-electron chi connectivity index (χ3n) is 3.58. The van der Waals surface area contributed by atoms with Crippen LogP contribution < -0.4 is 5.56 Å². The van der Waals surface area contributed by atoms with Crippen LogP contribution in [0.2, 0.25) is 0 Å². The predicted molar refractivity (Wildman–Crippen MR) is 68.2 cm³/mol. The summed E-state index contributed by atoms with van der Waals surface area (Å²) in [5, 5.41) is 9.26. The fraction of sp³-hybridized carbons (Fsp3) is 0.643. The summed E-state index contributed by atoms with van der Waals surface area (Å²) in [5.41, 5.74) is 3.06. The molecule has 1 N–H and O–H groups in total. The number of unbranched alkanes of at least 4 members (excludes halogenated alkanes) is 1. The minimum Gasteiger partial charge on any atom is -0.391 e. The van der Waals surface area contributed by atoms with Gasteiger partial charge in [-0.1, -0.05) is 13.3 Å². The summed E-state index contributed by atoms with van der Waals surface area (Å²) in [7, 11) is 0. The molecule has 94 valence electrons. The molecule has 0 radical (unpaired) electrons. The normalized spacial score (nSPS) is 14.7. The van der Waals surface area contributed by atoms with E-state index < -0.39 is 0 Å². The van der Waals surface area contributed by atoms with E-state index in [0.717, 1.165) is 32.2 Å². The van der Waals surface area contributed by atoms with Crippen molar-refractivity contribution in [3.63, 3.8) is 0 Å². The first-order chi connectivity index (χ1) is 8.27. The molecule has 1 heterocycles. The summed E-state index contributed by atoms with van der Waals surface area (Å²) >= 11 is 0. The van der Waals surface area contributed by atoms with Gasteiger partial charge < -0.3 is 9.67 Å². The molecule has 0 spiro atoms. The van der Waals surface area contributed by atoms with Crippen LogP contribution in [0.15, 0.2) is 10.9 Å². The van der Waals surface area contributed by atoms with Gasteiger partial charge in [-0.2, -0.15) is 0 Å². The second kappa shape index (κ2) is 5.50. The summed E-state index contributed by atoms with van der Waals surface area (Å²) in [5.74, 6) is 0. The van der Waals surface area contributed by atoms with Gasteiger partial charge in [0, 0.05) is 17.8 Å². The molecule has 1 aromatic heterocycles. The van der Waals surface area contributed by atoms with E-state index in [1.807, 2.05) is 10.6 Å². The first-order valence-corrected chi connectivity index (χ1v) is 6.63. The zero-order valence-corrected chi connectivity index (χ0v) is 10.5. The van der Waals surface area contributed by atoms with Crippen LogP contribution in [0, 0.1) is 0 Å². The van der Waals surface area contributed by atoms with Gasteiger partial charge in [-0.05, 0) is 43.7 Å². The average Bonchev–Trinajstić information content (AvgIpc) is 2.37. The number of hydrogen-bond donors (Lipinski definition) is 1. The molecule has 0 fully saturated rings. The summed E-state index contributed by atoms with van der Waals surface area (Å²) < 4.78 is 1.91. The highest BCUT2D eigenvalue weighted by molar-refractivity contribution is 5.28. The number of aromatic nitrogens is 1. The average molecular weight is 235 g/mol. The largest absolute Gasteiger partial charge is 0.391 e. The topological polar surface area (TPSA) is 42.2 Å². The smallest absolute Gasteiger partial charge is 0.256 e. The number of aliphatic hydroxyl groups excluding tert-OH is 1. The third kappa shape index (κ3) is 2.44. The monoisotopic (exact) mass is 235 g/mol. The van der Waals surface area contributed by atoms with Crippen molar-refractivity contribution in [3.05, 3.63) is 33.2 Å². The summed E-state index contributed by atoms with van der Waals surface area (Å²) in [4.78, 5) is 12.2. The van der Waals surface area contributed by atoms with Crippen LogP contribution in [0.5, 0.6) is 0 Å². The van der Waals surface area contributed by atoms with E-state index in [-0.39, 0.29) is 12.2 Å². The van der Waals surface area contributed by atoms with Crippen LogP contribution in [0.4, 0.5) is 0 Å². The minimum absolute atomic E-state index is 0.0154. The zero-order valence-electron chi connectivity index (χ0n) is 10.5. The fourth-order valence-corrected chi connectivity index (χ4v) is 2.61. The van der Waals surface area contributed by atoms with E-state index in [4.69, 9.17) is 0 Å². The van der Waals surface area contributed by atoms with E-state index in [2.05, 4.69) is 6.92 Å². The molecule has 1 aliphatic carbocycles. The standard InChI is InChI=1S/C14H21NO2/c1-2-3-8-15-13-7-5-4-6-11(13)9-12(10-16)14(15)17/h9,16H,2-8,10H2,1H3. The lowest BCUT2D eigenvalue weighted by Crippen LogP contribution is -2.29. The highest BCUT2D eigenvalue weighted by Crippen LogP contribution is 2.21. The highest BCUT2D eigenvalue weighted by atomic mass is 16.3. The van der Waals surface area contributed by atoms with Crippen molar-refractivity contribution < 1.29 is 5.11 Å². The predicted octanol–water partition coefficient (Wildman–Crippen LogP) is 2.02. The quantitative estimate of drug-likeness (QED) is 0.867. The highest BCUT2D eigenvalue weighted by Gasteiger charge is 2.16. The Morgan fingerprint density at radius 3 is 2.82 bits per heavy atom. The molecule has 0 aliphatic heterocycles. The Hall–Kier alpha value is -1.09. The Labute approximate surface area is 102 Å². The number of pyridine rings is 1. The molecule has 0 amide bonds. The van der Waals surface area contributed by atoms with Crippen molar-refractivity contribution in [2.24, 2.45) is 0 Å². The van der Waals surface area contributed by atoms with Gasteiger partial charge in [-0.3, -0.25) is 4.79 Å². The molecule has 1 aromatic rings. The molecule has 0 atom stereocenters. The Morgan fingerprint density at radius 2 is 2.12 bits per heavy atom. The van der Waals surface area contributed by atoms with E-state index in [1.54, 1.807) is 0 Å². The maximum absolute atomic E-state index is 12.2. The number of hydrogen-bond acceptors (Lipinski definition) is 2. The first kappa shape index (κ1) is 12.4. The van der Waals surface area contributed by atoms with E-state index in [0.29, 0.717) is 5.56 Å². The molecule has 1 aliphatic rings.